The minimum atomic E-state index is -1.07. The van der Waals surface area contributed by atoms with Crippen LogP contribution in [-0.2, 0) is 17.4 Å². The van der Waals surface area contributed by atoms with E-state index >= 15 is 0 Å². The van der Waals surface area contributed by atoms with Gasteiger partial charge >= 0.3 is 0 Å². The highest BCUT2D eigenvalue weighted by Crippen LogP contribution is 2.15. The molecule has 0 bridgehead atoms. The van der Waals surface area contributed by atoms with E-state index < -0.39 is 11.0 Å². The van der Waals surface area contributed by atoms with Gasteiger partial charge in [-0.3, -0.25) is 4.98 Å². The van der Waals surface area contributed by atoms with E-state index in [4.69, 9.17) is 0 Å². The smallest absolute Gasteiger partial charge is 0.0976 e. The van der Waals surface area contributed by atoms with Crippen LogP contribution in [0.15, 0.2) is 18.2 Å². The number of hydrogen-bond acceptors (Lipinski definition) is 2. The van der Waals surface area contributed by atoms with E-state index in [1.807, 2.05) is 45.9 Å². The van der Waals surface area contributed by atoms with Gasteiger partial charge in [0.1, 0.15) is 0 Å². The van der Waals surface area contributed by atoms with E-state index in [0.29, 0.717) is 0 Å². The minimum absolute atomic E-state index is 0.00144. The fourth-order valence-corrected chi connectivity index (χ4v) is 2.13. The first kappa shape index (κ1) is 14.3. The van der Waals surface area contributed by atoms with Crippen molar-refractivity contribution in [3.63, 3.8) is 0 Å². The quantitative estimate of drug-likeness (QED) is 0.897. The van der Waals surface area contributed by atoms with Crippen LogP contribution in [0.2, 0.25) is 0 Å². The molecule has 4 heteroatoms. The standard InChI is InChI=1S/C13H22N2OS/c1-6-11-8-7-9-12(14-11)10(2)15-17(16)13(3,4)5/h7-10,15H,6H2,1-5H3/t10-,17-/m1/s1. The molecular weight excluding hydrogens is 232 g/mol. The second kappa shape index (κ2) is 5.74. The molecule has 0 aliphatic heterocycles. The zero-order valence-electron chi connectivity index (χ0n) is 11.3. The van der Waals surface area contributed by atoms with E-state index in [0.717, 1.165) is 17.8 Å². The van der Waals surface area contributed by atoms with Gasteiger partial charge in [-0.1, -0.05) is 13.0 Å². The highest BCUT2D eigenvalue weighted by Gasteiger charge is 2.22. The summed E-state index contributed by atoms with van der Waals surface area (Å²) in [7, 11) is -1.07. The van der Waals surface area contributed by atoms with Crippen LogP contribution in [0.1, 0.15) is 52.0 Å². The second-order valence-electron chi connectivity index (χ2n) is 5.13. The molecule has 3 nitrogen and oxygen atoms in total. The third-order valence-electron chi connectivity index (χ3n) is 2.47. The molecule has 0 radical (unpaired) electrons. The SMILES string of the molecule is CCc1cccc([C@@H](C)N[S@](=O)C(C)(C)C)n1. The Bertz CT molecular complexity index is 399. The molecule has 0 spiro atoms. The Labute approximate surface area is 107 Å². The molecule has 17 heavy (non-hydrogen) atoms. The van der Waals surface area contributed by atoms with Crippen LogP contribution in [0.4, 0.5) is 0 Å². The largest absolute Gasteiger partial charge is 0.256 e. The molecule has 0 aliphatic carbocycles. The lowest BCUT2D eigenvalue weighted by Crippen LogP contribution is -2.35. The number of pyridine rings is 1. The number of nitrogens with zero attached hydrogens (tertiary/aromatic N) is 1. The molecule has 0 unspecified atom stereocenters. The third-order valence-corrected chi connectivity index (χ3v) is 4.15. The van der Waals surface area contributed by atoms with Crippen molar-refractivity contribution in [3.8, 4) is 0 Å². The Morgan fingerprint density at radius 1 is 1.41 bits per heavy atom. The summed E-state index contributed by atoms with van der Waals surface area (Å²) in [6.07, 6.45) is 0.920. The van der Waals surface area contributed by atoms with Gasteiger partial charge in [-0.25, -0.2) is 8.93 Å². The summed E-state index contributed by atoms with van der Waals surface area (Å²) < 4.78 is 14.8. The van der Waals surface area contributed by atoms with Crippen LogP contribution < -0.4 is 4.72 Å². The van der Waals surface area contributed by atoms with Crippen molar-refractivity contribution in [2.75, 3.05) is 0 Å². The van der Waals surface area contributed by atoms with Crippen LogP contribution in [0.5, 0.6) is 0 Å². The van der Waals surface area contributed by atoms with E-state index in [-0.39, 0.29) is 10.8 Å². The number of nitrogens with one attached hydrogen (secondary N) is 1. The molecule has 0 aliphatic rings. The summed E-state index contributed by atoms with van der Waals surface area (Å²) in [5.41, 5.74) is 2.01. The molecule has 1 N–H and O–H groups in total. The average Bonchev–Trinajstić information content (AvgIpc) is 2.27. The Morgan fingerprint density at radius 2 is 2.06 bits per heavy atom. The fourth-order valence-electron chi connectivity index (χ4n) is 1.33. The molecule has 0 fully saturated rings. The van der Waals surface area contributed by atoms with Gasteiger partial charge in [0.2, 0.25) is 0 Å². The fraction of sp³-hybridized carbons (Fsp3) is 0.615. The maximum Gasteiger partial charge on any atom is 0.0976 e. The third kappa shape index (κ3) is 4.21. The van der Waals surface area contributed by atoms with Crippen molar-refractivity contribution in [2.24, 2.45) is 0 Å². The Hall–Kier alpha value is -0.740. The zero-order valence-corrected chi connectivity index (χ0v) is 12.1. The van der Waals surface area contributed by atoms with Gasteiger partial charge in [0.15, 0.2) is 0 Å². The highest BCUT2D eigenvalue weighted by atomic mass is 32.2. The molecule has 1 aromatic rings. The second-order valence-corrected chi connectivity index (χ2v) is 7.13. The molecule has 1 aromatic heterocycles. The zero-order chi connectivity index (χ0) is 13.1. The van der Waals surface area contributed by atoms with Crippen molar-refractivity contribution in [3.05, 3.63) is 29.6 Å². The Morgan fingerprint density at radius 3 is 2.59 bits per heavy atom. The predicted molar refractivity (Wildman–Crippen MR) is 73.1 cm³/mol. The molecule has 0 saturated carbocycles. The molecular formula is C13H22N2OS. The van der Waals surface area contributed by atoms with E-state index in [1.165, 1.54) is 0 Å². The van der Waals surface area contributed by atoms with Crippen LogP contribution in [0.3, 0.4) is 0 Å². The molecule has 1 rings (SSSR count). The van der Waals surface area contributed by atoms with E-state index in [1.54, 1.807) is 0 Å². The maximum atomic E-state index is 12.0. The summed E-state index contributed by atoms with van der Waals surface area (Å²) in [5.74, 6) is 0. The number of rotatable bonds is 4. The normalized spacial score (nSPS) is 15.6. The Kier molecular flexibility index (Phi) is 4.83. The van der Waals surface area contributed by atoms with Crippen molar-refractivity contribution < 1.29 is 4.21 Å². The van der Waals surface area contributed by atoms with Crippen LogP contribution in [-0.4, -0.2) is 13.9 Å². The minimum Gasteiger partial charge on any atom is -0.256 e. The van der Waals surface area contributed by atoms with Crippen molar-refractivity contribution in [2.45, 2.75) is 51.8 Å². The first-order valence-corrected chi connectivity index (χ1v) is 7.13. The lowest BCUT2D eigenvalue weighted by molar-refractivity contribution is 0.610. The summed E-state index contributed by atoms with van der Waals surface area (Å²) >= 11 is 0. The predicted octanol–water partition coefficient (Wildman–Crippen LogP) is 2.76. The summed E-state index contributed by atoms with van der Waals surface area (Å²) in [5, 5.41) is 0. The molecule has 0 aromatic carbocycles. The van der Waals surface area contributed by atoms with Gasteiger partial charge in [0.25, 0.3) is 0 Å². The number of aryl methyl sites for hydroxylation is 1. The molecule has 2 atom stereocenters. The number of hydrogen-bond donors (Lipinski definition) is 1. The maximum absolute atomic E-state index is 12.0. The molecule has 1 heterocycles. The van der Waals surface area contributed by atoms with Crippen LogP contribution in [0, 0.1) is 0 Å². The lowest BCUT2D eigenvalue weighted by Gasteiger charge is -2.21. The first-order valence-electron chi connectivity index (χ1n) is 5.98. The first-order chi connectivity index (χ1) is 7.84. The molecule has 0 amide bonds. The van der Waals surface area contributed by atoms with E-state index in [9.17, 15) is 4.21 Å². The topological polar surface area (TPSA) is 42.0 Å². The van der Waals surface area contributed by atoms with E-state index in [2.05, 4.69) is 16.6 Å². The van der Waals surface area contributed by atoms with Gasteiger partial charge in [0.05, 0.1) is 27.5 Å². The summed E-state index contributed by atoms with van der Waals surface area (Å²) in [6, 6.07) is 5.98. The van der Waals surface area contributed by atoms with Gasteiger partial charge in [-0.15, -0.1) is 0 Å². The van der Waals surface area contributed by atoms with Crippen molar-refractivity contribution in [1.82, 2.24) is 9.71 Å². The highest BCUT2D eigenvalue weighted by molar-refractivity contribution is 7.84. The lowest BCUT2D eigenvalue weighted by atomic mass is 10.2. The van der Waals surface area contributed by atoms with Crippen LogP contribution in [0.25, 0.3) is 0 Å². The van der Waals surface area contributed by atoms with Crippen LogP contribution >= 0.6 is 0 Å². The summed E-state index contributed by atoms with van der Waals surface area (Å²) in [6.45, 7) is 9.94. The number of aromatic nitrogens is 1. The van der Waals surface area contributed by atoms with Crippen molar-refractivity contribution >= 4 is 11.0 Å². The van der Waals surface area contributed by atoms with Gasteiger partial charge < -0.3 is 0 Å². The monoisotopic (exact) mass is 254 g/mol. The molecule has 96 valence electrons. The van der Waals surface area contributed by atoms with Gasteiger partial charge in [-0.2, -0.15) is 0 Å². The van der Waals surface area contributed by atoms with Gasteiger partial charge in [0, 0.05) is 5.69 Å². The Balaban J connectivity index is 2.76. The average molecular weight is 254 g/mol. The molecule has 0 saturated heterocycles. The summed E-state index contributed by atoms with van der Waals surface area (Å²) in [4.78, 5) is 4.53. The van der Waals surface area contributed by atoms with Crippen molar-refractivity contribution in [1.29, 1.82) is 0 Å². The van der Waals surface area contributed by atoms with Gasteiger partial charge in [-0.05, 0) is 46.2 Å².